The number of nitrogens with one attached hydrogen (secondary N) is 1. The number of rotatable bonds is 10. The molecule has 1 N–H and O–H groups in total. The number of thioether (sulfide) groups is 1. The van der Waals surface area contributed by atoms with Crippen LogP contribution in [-0.2, 0) is 18.8 Å². The highest BCUT2D eigenvalue weighted by molar-refractivity contribution is 7.98. The number of hydrogen-bond donors (Lipinski definition) is 1. The summed E-state index contributed by atoms with van der Waals surface area (Å²) in [4.78, 5) is 16.4. The van der Waals surface area contributed by atoms with Gasteiger partial charge in [-0.15, -0.1) is 16.8 Å². The summed E-state index contributed by atoms with van der Waals surface area (Å²) in [5.74, 6) is 2.13. The van der Waals surface area contributed by atoms with E-state index >= 15 is 0 Å². The van der Waals surface area contributed by atoms with Crippen LogP contribution in [0.4, 0.5) is 0 Å². The van der Waals surface area contributed by atoms with E-state index < -0.39 is 0 Å². The van der Waals surface area contributed by atoms with Gasteiger partial charge in [0.05, 0.1) is 7.11 Å². The molecule has 0 bridgehead atoms. The molecule has 0 aliphatic rings. The van der Waals surface area contributed by atoms with Crippen LogP contribution in [0.25, 0.3) is 11.4 Å². The van der Waals surface area contributed by atoms with Gasteiger partial charge in [0, 0.05) is 42.4 Å². The minimum absolute atomic E-state index is 0.107. The van der Waals surface area contributed by atoms with Gasteiger partial charge >= 0.3 is 0 Å². The summed E-state index contributed by atoms with van der Waals surface area (Å²) in [6.45, 7) is 4.93. The van der Waals surface area contributed by atoms with Crippen molar-refractivity contribution in [1.29, 1.82) is 0 Å². The Balaban J connectivity index is 1.40. The Hall–Kier alpha value is -3.91. The summed E-state index contributed by atoms with van der Waals surface area (Å²) in [7, 11) is 1.64. The van der Waals surface area contributed by atoms with Gasteiger partial charge in [0.25, 0.3) is 5.91 Å². The van der Waals surface area contributed by atoms with Gasteiger partial charge < -0.3 is 10.1 Å². The quantitative estimate of drug-likeness (QED) is 0.265. The number of aromatic nitrogens is 4. The van der Waals surface area contributed by atoms with Crippen molar-refractivity contribution >= 4 is 17.7 Å². The standard InChI is InChI=1S/C26H25N5O2S/c1-3-15-31-24(22-5-4-6-23(16-22)33-2)29-30-26(31)34-18-20-7-9-21(10-8-20)25(32)28-17-19-11-13-27-14-12-19/h3-14,16H,1,15,17-18H2,2H3,(H,28,32). The molecule has 0 spiro atoms. The highest BCUT2D eigenvalue weighted by atomic mass is 32.2. The number of pyridine rings is 1. The van der Waals surface area contributed by atoms with Gasteiger partial charge in [0.2, 0.25) is 0 Å². The molecule has 0 saturated heterocycles. The fraction of sp³-hybridized carbons (Fsp3) is 0.154. The first-order valence-corrected chi connectivity index (χ1v) is 11.7. The van der Waals surface area contributed by atoms with Crippen LogP contribution in [0.1, 0.15) is 21.5 Å². The molecule has 4 rings (SSSR count). The Morgan fingerprint density at radius 1 is 1.09 bits per heavy atom. The normalized spacial score (nSPS) is 10.6. The Morgan fingerprint density at radius 3 is 2.62 bits per heavy atom. The molecule has 2 aromatic carbocycles. The maximum absolute atomic E-state index is 12.4. The molecule has 0 atom stereocenters. The number of allylic oxidation sites excluding steroid dienone is 1. The number of benzene rings is 2. The minimum Gasteiger partial charge on any atom is -0.497 e. The molecule has 1 amide bonds. The molecule has 0 unspecified atom stereocenters. The summed E-state index contributed by atoms with van der Waals surface area (Å²) in [5, 5.41) is 12.5. The number of ether oxygens (including phenoxy) is 1. The van der Waals surface area contributed by atoms with Crippen LogP contribution >= 0.6 is 11.8 Å². The maximum Gasteiger partial charge on any atom is 0.251 e. The lowest BCUT2D eigenvalue weighted by Crippen LogP contribution is -2.22. The van der Waals surface area contributed by atoms with Crippen LogP contribution in [0, 0.1) is 0 Å². The maximum atomic E-state index is 12.4. The second-order valence-corrected chi connectivity index (χ2v) is 8.40. The van der Waals surface area contributed by atoms with E-state index in [-0.39, 0.29) is 5.91 Å². The van der Waals surface area contributed by atoms with Gasteiger partial charge in [-0.05, 0) is 47.5 Å². The monoisotopic (exact) mass is 471 g/mol. The highest BCUT2D eigenvalue weighted by Crippen LogP contribution is 2.28. The van der Waals surface area contributed by atoms with Crippen molar-refractivity contribution in [1.82, 2.24) is 25.1 Å². The predicted molar refractivity (Wildman–Crippen MR) is 134 cm³/mol. The van der Waals surface area contributed by atoms with Crippen molar-refractivity contribution in [2.45, 2.75) is 24.0 Å². The van der Waals surface area contributed by atoms with E-state index in [1.54, 1.807) is 31.3 Å². The third-order valence-corrected chi connectivity index (χ3v) is 6.18. The first-order valence-electron chi connectivity index (χ1n) is 10.8. The molecule has 8 heteroatoms. The van der Waals surface area contributed by atoms with Gasteiger partial charge in [0.15, 0.2) is 11.0 Å². The highest BCUT2D eigenvalue weighted by Gasteiger charge is 2.14. The molecule has 0 fully saturated rings. The fourth-order valence-electron chi connectivity index (χ4n) is 3.35. The van der Waals surface area contributed by atoms with Crippen LogP contribution in [0.15, 0.2) is 90.9 Å². The lowest BCUT2D eigenvalue weighted by atomic mass is 10.1. The number of amides is 1. The molecule has 2 aromatic heterocycles. The molecule has 2 heterocycles. The van der Waals surface area contributed by atoms with Gasteiger partial charge in [-0.2, -0.15) is 0 Å². The van der Waals surface area contributed by atoms with Crippen molar-refractivity contribution in [2.24, 2.45) is 0 Å². The van der Waals surface area contributed by atoms with Crippen molar-refractivity contribution in [3.63, 3.8) is 0 Å². The zero-order valence-corrected chi connectivity index (χ0v) is 19.7. The minimum atomic E-state index is -0.107. The second-order valence-electron chi connectivity index (χ2n) is 7.46. The first kappa shape index (κ1) is 23.3. The predicted octanol–water partition coefficient (Wildman–Crippen LogP) is 4.76. The lowest BCUT2D eigenvalue weighted by molar-refractivity contribution is 0.0951. The fourth-order valence-corrected chi connectivity index (χ4v) is 4.25. The average molecular weight is 472 g/mol. The largest absolute Gasteiger partial charge is 0.497 e. The molecule has 0 saturated carbocycles. The molecule has 4 aromatic rings. The van der Waals surface area contributed by atoms with E-state index in [0.29, 0.717) is 24.4 Å². The van der Waals surface area contributed by atoms with E-state index in [1.807, 2.05) is 71.3 Å². The van der Waals surface area contributed by atoms with Gasteiger partial charge in [-0.25, -0.2) is 0 Å². The summed E-state index contributed by atoms with van der Waals surface area (Å²) in [6.07, 6.45) is 5.25. The van der Waals surface area contributed by atoms with E-state index in [2.05, 4.69) is 27.1 Å². The molecule has 7 nitrogen and oxygen atoms in total. The van der Waals surface area contributed by atoms with E-state index in [1.165, 1.54) is 0 Å². The summed E-state index contributed by atoms with van der Waals surface area (Å²) >= 11 is 1.59. The third kappa shape index (κ3) is 5.71. The van der Waals surface area contributed by atoms with Crippen LogP contribution in [0.2, 0.25) is 0 Å². The van der Waals surface area contributed by atoms with E-state index in [0.717, 1.165) is 33.4 Å². The van der Waals surface area contributed by atoms with Crippen molar-refractivity contribution in [3.05, 3.63) is 102 Å². The van der Waals surface area contributed by atoms with Gasteiger partial charge in [0.1, 0.15) is 5.75 Å². The Bertz CT molecular complexity index is 1260. The number of nitrogens with zero attached hydrogens (tertiary/aromatic N) is 4. The van der Waals surface area contributed by atoms with E-state index in [4.69, 9.17) is 4.74 Å². The van der Waals surface area contributed by atoms with Crippen LogP contribution in [0.5, 0.6) is 5.75 Å². The van der Waals surface area contributed by atoms with Crippen molar-refractivity contribution in [3.8, 4) is 17.1 Å². The SMILES string of the molecule is C=CCn1c(SCc2ccc(C(=O)NCc3ccncc3)cc2)nnc1-c1cccc(OC)c1. The van der Waals surface area contributed by atoms with Crippen LogP contribution in [0.3, 0.4) is 0 Å². The molecule has 172 valence electrons. The topological polar surface area (TPSA) is 81.9 Å². The molecule has 0 radical (unpaired) electrons. The zero-order chi connectivity index (χ0) is 23.8. The zero-order valence-electron chi connectivity index (χ0n) is 18.8. The number of carbonyl (C=O) groups excluding carboxylic acids is 1. The molecule has 0 aliphatic heterocycles. The first-order chi connectivity index (χ1) is 16.7. The molecular formula is C26H25N5O2S. The second kappa shape index (κ2) is 11.3. The lowest BCUT2D eigenvalue weighted by Gasteiger charge is -2.09. The molecule has 34 heavy (non-hydrogen) atoms. The van der Waals surface area contributed by atoms with E-state index in [9.17, 15) is 4.79 Å². The number of hydrogen-bond acceptors (Lipinski definition) is 6. The van der Waals surface area contributed by atoms with Crippen molar-refractivity contribution < 1.29 is 9.53 Å². The average Bonchev–Trinajstić information content (AvgIpc) is 3.29. The van der Waals surface area contributed by atoms with Crippen LogP contribution in [-0.4, -0.2) is 32.8 Å². The van der Waals surface area contributed by atoms with Crippen molar-refractivity contribution in [2.75, 3.05) is 7.11 Å². The van der Waals surface area contributed by atoms with Gasteiger partial charge in [-0.1, -0.05) is 42.1 Å². The Kier molecular flexibility index (Phi) is 7.72. The molecule has 0 aliphatic carbocycles. The number of methoxy groups -OCH3 is 1. The summed E-state index contributed by atoms with van der Waals surface area (Å²) in [6, 6.07) is 19.1. The number of carbonyl (C=O) groups is 1. The Labute approximate surface area is 202 Å². The smallest absolute Gasteiger partial charge is 0.251 e. The van der Waals surface area contributed by atoms with Crippen LogP contribution < -0.4 is 10.1 Å². The third-order valence-electron chi connectivity index (χ3n) is 5.14. The van der Waals surface area contributed by atoms with Gasteiger partial charge in [-0.3, -0.25) is 14.3 Å². The summed E-state index contributed by atoms with van der Waals surface area (Å²) in [5.41, 5.74) is 3.65. The Morgan fingerprint density at radius 2 is 1.88 bits per heavy atom. The molecular weight excluding hydrogens is 446 g/mol. The summed E-state index contributed by atoms with van der Waals surface area (Å²) < 4.78 is 7.37.